The van der Waals surface area contributed by atoms with Crippen LogP contribution in [0.4, 0.5) is 10.1 Å². The zero-order valence-electron chi connectivity index (χ0n) is 10.4. The highest BCUT2D eigenvalue weighted by molar-refractivity contribution is 9.10. The molecule has 1 rings (SSSR count). The molecule has 0 aliphatic heterocycles. The van der Waals surface area contributed by atoms with Gasteiger partial charge in [-0.15, -0.1) is 0 Å². The van der Waals surface area contributed by atoms with Gasteiger partial charge in [0, 0.05) is 18.2 Å². The number of hydrogen-bond donors (Lipinski definition) is 3. The Bertz CT molecular complexity index is 451. The third-order valence-corrected chi connectivity index (χ3v) is 3.31. The van der Waals surface area contributed by atoms with E-state index in [1.807, 2.05) is 13.8 Å². The van der Waals surface area contributed by atoms with E-state index in [9.17, 15) is 4.39 Å². The normalized spacial score (nSPS) is 13.4. The van der Waals surface area contributed by atoms with Crippen molar-refractivity contribution >= 4 is 27.5 Å². The Kier molecular flexibility index (Phi) is 5.40. The summed E-state index contributed by atoms with van der Waals surface area (Å²) in [6, 6.07) is 3.16. The fourth-order valence-electron chi connectivity index (χ4n) is 1.61. The van der Waals surface area contributed by atoms with Crippen LogP contribution in [-0.2, 0) is 0 Å². The molecule has 0 aromatic heterocycles. The van der Waals surface area contributed by atoms with Crippen LogP contribution in [0.2, 0.25) is 0 Å². The number of oxime groups is 1. The quantitative estimate of drug-likeness (QED) is 0.338. The fraction of sp³-hybridized carbons (Fsp3) is 0.417. The summed E-state index contributed by atoms with van der Waals surface area (Å²) in [6.07, 6.45) is 1.19. The highest BCUT2D eigenvalue weighted by Crippen LogP contribution is 2.25. The molecule has 1 aromatic carbocycles. The number of nitrogens with zero attached hydrogens (tertiary/aromatic N) is 1. The molecular weight excluding hydrogens is 301 g/mol. The molecule has 0 radical (unpaired) electrons. The summed E-state index contributed by atoms with van der Waals surface area (Å²) in [5, 5.41) is 14.7. The van der Waals surface area contributed by atoms with E-state index in [0.29, 0.717) is 16.6 Å². The van der Waals surface area contributed by atoms with Crippen LogP contribution in [0.3, 0.4) is 0 Å². The molecule has 0 saturated carbocycles. The minimum atomic E-state index is -0.318. The van der Waals surface area contributed by atoms with Gasteiger partial charge < -0.3 is 16.3 Å². The number of rotatable bonds is 5. The molecule has 4 N–H and O–H groups in total. The van der Waals surface area contributed by atoms with Crippen molar-refractivity contribution in [3.05, 3.63) is 28.0 Å². The Balaban J connectivity index is 2.85. The Morgan fingerprint density at radius 2 is 2.28 bits per heavy atom. The van der Waals surface area contributed by atoms with E-state index in [-0.39, 0.29) is 17.7 Å². The number of hydrogen-bond acceptors (Lipinski definition) is 3. The number of nitrogens with one attached hydrogen (secondary N) is 1. The first-order valence-corrected chi connectivity index (χ1v) is 6.45. The van der Waals surface area contributed by atoms with Crippen LogP contribution in [0, 0.1) is 12.7 Å². The lowest BCUT2D eigenvalue weighted by molar-refractivity contribution is 0.316. The summed E-state index contributed by atoms with van der Waals surface area (Å²) >= 11 is 3.14. The van der Waals surface area contributed by atoms with Crippen molar-refractivity contribution in [2.75, 3.05) is 5.32 Å². The number of benzene rings is 1. The van der Waals surface area contributed by atoms with Crippen LogP contribution in [-0.4, -0.2) is 17.1 Å². The Morgan fingerprint density at radius 3 is 2.83 bits per heavy atom. The SMILES string of the molecule is CCC(C/C(N)=N/O)Nc1cc(F)c(Br)cc1C. The van der Waals surface area contributed by atoms with Gasteiger partial charge >= 0.3 is 0 Å². The lowest BCUT2D eigenvalue weighted by atomic mass is 10.1. The van der Waals surface area contributed by atoms with Crippen molar-refractivity contribution < 1.29 is 9.60 Å². The summed E-state index contributed by atoms with van der Waals surface area (Å²) in [4.78, 5) is 0. The van der Waals surface area contributed by atoms with Crippen molar-refractivity contribution in [1.29, 1.82) is 0 Å². The van der Waals surface area contributed by atoms with Gasteiger partial charge in [0.1, 0.15) is 11.7 Å². The molecular formula is C12H17BrFN3O. The van der Waals surface area contributed by atoms with Gasteiger partial charge in [-0.1, -0.05) is 12.1 Å². The maximum absolute atomic E-state index is 13.5. The molecule has 0 saturated heterocycles. The van der Waals surface area contributed by atoms with Gasteiger partial charge in [-0.2, -0.15) is 0 Å². The molecule has 1 unspecified atom stereocenters. The molecule has 0 aliphatic rings. The molecule has 1 atom stereocenters. The summed E-state index contributed by atoms with van der Waals surface area (Å²) in [6.45, 7) is 3.87. The molecule has 0 heterocycles. The molecule has 4 nitrogen and oxygen atoms in total. The van der Waals surface area contributed by atoms with Crippen LogP contribution in [0.5, 0.6) is 0 Å². The minimum absolute atomic E-state index is 0.000163. The monoisotopic (exact) mass is 317 g/mol. The summed E-state index contributed by atoms with van der Waals surface area (Å²) in [5.74, 6) is -0.161. The standard InChI is InChI=1S/C12H17BrFN3O/c1-3-8(5-12(15)17-18)16-11-6-10(14)9(13)4-7(11)2/h4,6,8,16,18H,3,5H2,1-2H3,(H2,15,17). The van der Waals surface area contributed by atoms with Gasteiger partial charge in [0.15, 0.2) is 0 Å². The fourth-order valence-corrected chi connectivity index (χ4v) is 2.07. The lowest BCUT2D eigenvalue weighted by Gasteiger charge is -2.19. The smallest absolute Gasteiger partial charge is 0.141 e. The van der Waals surface area contributed by atoms with Gasteiger partial charge in [-0.25, -0.2) is 4.39 Å². The van der Waals surface area contributed by atoms with Crippen LogP contribution >= 0.6 is 15.9 Å². The first-order chi connectivity index (χ1) is 8.47. The second kappa shape index (κ2) is 6.58. The lowest BCUT2D eigenvalue weighted by Crippen LogP contribution is -2.26. The molecule has 6 heteroatoms. The third-order valence-electron chi connectivity index (χ3n) is 2.70. The Morgan fingerprint density at radius 1 is 1.61 bits per heavy atom. The summed E-state index contributed by atoms with van der Waals surface area (Å²) < 4.78 is 13.9. The van der Waals surface area contributed by atoms with E-state index >= 15 is 0 Å². The van der Waals surface area contributed by atoms with E-state index in [4.69, 9.17) is 10.9 Å². The highest BCUT2D eigenvalue weighted by Gasteiger charge is 2.12. The Labute approximate surface area is 114 Å². The molecule has 18 heavy (non-hydrogen) atoms. The predicted molar refractivity (Wildman–Crippen MR) is 74.6 cm³/mol. The van der Waals surface area contributed by atoms with Crippen LogP contribution in [0.1, 0.15) is 25.3 Å². The molecule has 0 bridgehead atoms. The van der Waals surface area contributed by atoms with Gasteiger partial charge in [-0.05, 0) is 47.0 Å². The second-order valence-corrected chi connectivity index (χ2v) is 4.98. The zero-order chi connectivity index (χ0) is 13.7. The molecule has 1 aromatic rings. The van der Waals surface area contributed by atoms with Crippen molar-refractivity contribution in [2.45, 2.75) is 32.7 Å². The van der Waals surface area contributed by atoms with Crippen molar-refractivity contribution in [3.63, 3.8) is 0 Å². The highest BCUT2D eigenvalue weighted by atomic mass is 79.9. The maximum atomic E-state index is 13.5. The minimum Gasteiger partial charge on any atom is -0.409 e. The number of aryl methyl sites for hydroxylation is 1. The predicted octanol–water partition coefficient (Wildman–Crippen LogP) is 3.22. The van der Waals surface area contributed by atoms with Gasteiger partial charge in [-0.3, -0.25) is 0 Å². The molecule has 0 fully saturated rings. The van der Waals surface area contributed by atoms with E-state index in [0.717, 1.165) is 12.0 Å². The molecule has 100 valence electrons. The maximum Gasteiger partial charge on any atom is 0.141 e. The van der Waals surface area contributed by atoms with Crippen molar-refractivity contribution in [2.24, 2.45) is 10.9 Å². The van der Waals surface area contributed by atoms with E-state index in [1.165, 1.54) is 6.07 Å². The largest absolute Gasteiger partial charge is 0.409 e. The van der Waals surface area contributed by atoms with Crippen LogP contribution < -0.4 is 11.1 Å². The average Bonchev–Trinajstić information content (AvgIpc) is 2.34. The van der Waals surface area contributed by atoms with E-state index < -0.39 is 0 Å². The van der Waals surface area contributed by atoms with Gasteiger partial charge in [0.05, 0.1) is 4.47 Å². The van der Waals surface area contributed by atoms with Crippen LogP contribution in [0.25, 0.3) is 0 Å². The number of amidine groups is 1. The first-order valence-electron chi connectivity index (χ1n) is 5.66. The van der Waals surface area contributed by atoms with Crippen molar-refractivity contribution in [1.82, 2.24) is 0 Å². The second-order valence-electron chi connectivity index (χ2n) is 4.13. The van der Waals surface area contributed by atoms with Crippen molar-refractivity contribution in [3.8, 4) is 0 Å². The summed E-state index contributed by atoms with van der Waals surface area (Å²) in [5.41, 5.74) is 7.12. The molecule has 0 spiro atoms. The van der Waals surface area contributed by atoms with E-state index in [1.54, 1.807) is 6.07 Å². The topological polar surface area (TPSA) is 70.6 Å². The average molecular weight is 318 g/mol. The first kappa shape index (κ1) is 14.8. The van der Waals surface area contributed by atoms with Crippen LogP contribution in [0.15, 0.2) is 21.8 Å². The number of anilines is 1. The number of nitrogens with two attached hydrogens (primary N) is 1. The number of halogens is 2. The third kappa shape index (κ3) is 3.87. The Hall–Kier alpha value is -1.30. The van der Waals surface area contributed by atoms with E-state index in [2.05, 4.69) is 26.4 Å². The van der Waals surface area contributed by atoms with Gasteiger partial charge in [0.2, 0.25) is 0 Å². The van der Waals surface area contributed by atoms with Gasteiger partial charge in [0.25, 0.3) is 0 Å². The molecule has 0 aliphatic carbocycles. The summed E-state index contributed by atoms with van der Waals surface area (Å²) in [7, 11) is 0. The zero-order valence-corrected chi connectivity index (χ0v) is 12.0. The molecule has 0 amide bonds.